The monoisotopic (exact) mass is 291 g/mol. The van der Waals surface area contributed by atoms with E-state index in [1.54, 1.807) is 7.11 Å². The van der Waals surface area contributed by atoms with Gasteiger partial charge in [-0.15, -0.1) is 0 Å². The van der Waals surface area contributed by atoms with E-state index in [2.05, 4.69) is 10.1 Å². The van der Waals surface area contributed by atoms with Gasteiger partial charge >= 0.3 is 0 Å². The number of hydrogen-bond donors (Lipinski definition) is 0. The largest absolute Gasteiger partial charge is 0.384 e. The summed E-state index contributed by atoms with van der Waals surface area (Å²) in [6.45, 7) is 2.65. The van der Waals surface area contributed by atoms with Gasteiger partial charge in [-0.3, -0.25) is 0 Å². The normalized spacial score (nSPS) is 14.8. The SMILES string of the molecule is COCCc1nc(C2CC2)nn1-c1cccc(Cl)c1C. The van der Waals surface area contributed by atoms with E-state index in [0.29, 0.717) is 12.5 Å². The number of aromatic nitrogens is 3. The van der Waals surface area contributed by atoms with E-state index < -0.39 is 0 Å². The minimum Gasteiger partial charge on any atom is -0.384 e. The second-order valence-corrected chi connectivity index (χ2v) is 5.61. The van der Waals surface area contributed by atoms with Crippen molar-refractivity contribution in [3.63, 3.8) is 0 Å². The molecule has 1 heterocycles. The minimum absolute atomic E-state index is 0.539. The van der Waals surface area contributed by atoms with Crippen LogP contribution in [0.2, 0.25) is 5.02 Å². The molecule has 1 aliphatic rings. The molecule has 0 spiro atoms. The van der Waals surface area contributed by atoms with Gasteiger partial charge in [-0.05, 0) is 37.5 Å². The summed E-state index contributed by atoms with van der Waals surface area (Å²) in [5, 5.41) is 5.44. The van der Waals surface area contributed by atoms with Gasteiger partial charge in [0.05, 0.1) is 12.3 Å². The van der Waals surface area contributed by atoms with Crippen molar-refractivity contribution in [2.45, 2.75) is 32.1 Å². The van der Waals surface area contributed by atoms with Crippen LogP contribution in [-0.2, 0) is 11.2 Å². The Kier molecular flexibility index (Phi) is 3.76. The fourth-order valence-electron chi connectivity index (χ4n) is 2.25. The number of methoxy groups -OCH3 is 1. The molecule has 0 unspecified atom stereocenters. The quantitative estimate of drug-likeness (QED) is 0.848. The number of halogens is 1. The second kappa shape index (κ2) is 5.54. The molecule has 3 rings (SSSR count). The van der Waals surface area contributed by atoms with Gasteiger partial charge in [-0.2, -0.15) is 5.10 Å². The van der Waals surface area contributed by atoms with Crippen molar-refractivity contribution in [1.82, 2.24) is 14.8 Å². The van der Waals surface area contributed by atoms with Gasteiger partial charge in [0.1, 0.15) is 5.82 Å². The highest BCUT2D eigenvalue weighted by Crippen LogP contribution is 2.38. The lowest BCUT2D eigenvalue weighted by Gasteiger charge is -2.09. The molecule has 1 fully saturated rings. The van der Waals surface area contributed by atoms with Gasteiger partial charge in [0.15, 0.2) is 5.82 Å². The summed E-state index contributed by atoms with van der Waals surface area (Å²) in [4.78, 5) is 4.69. The first-order valence-electron chi connectivity index (χ1n) is 6.91. The molecule has 1 saturated carbocycles. The van der Waals surface area contributed by atoms with Gasteiger partial charge in [-0.25, -0.2) is 9.67 Å². The van der Waals surface area contributed by atoms with Crippen molar-refractivity contribution < 1.29 is 4.74 Å². The Morgan fingerprint density at radius 1 is 1.40 bits per heavy atom. The maximum Gasteiger partial charge on any atom is 0.154 e. The highest BCUT2D eigenvalue weighted by atomic mass is 35.5. The smallest absolute Gasteiger partial charge is 0.154 e. The van der Waals surface area contributed by atoms with Gasteiger partial charge in [0.2, 0.25) is 0 Å². The van der Waals surface area contributed by atoms with Crippen molar-refractivity contribution in [2.75, 3.05) is 13.7 Å². The van der Waals surface area contributed by atoms with Gasteiger partial charge < -0.3 is 4.74 Å². The zero-order chi connectivity index (χ0) is 14.1. The minimum atomic E-state index is 0.539. The van der Waals surface area contributed by atoms with E-state index in [9.17, 15) is 0 Å². The van der Waals surface area contributed by atoms with Crippen molar-refractivity contribution in [3.05, 3.63) is 40.4 Å². The third-order valence-corrected chi connectivity index (χ3v) is 4.04. The van der Waals surface area contributed by atoms with Crippen LogP contribution in [0.1, 0.15) is 36.0 Å². The lowest BCUT2D eigenvalue weighted by atomic mass is 10.2. The van der Waals surface area contributed by atoms with Gasteiger partial charge in [-0.1, -0.05) is 17.7 Å². The molecule has 0 radical (unpaired) electrons. The Hall–Kier alpha value is -1.39. The van der Waals surface area contributed by atoms with Crippen LogP contribution in [0.15, 0.2) is 18.2 Å². The van der Waals surface area contributed by atoms with E-state index in [-0.39, 0.29) is 0 Å². The maximum absolute atomic E-state index is 6.22. The number of benzene rings is 1. The Balaban J connectivity index is 2.03. The van der Waals surface area contributed by atoms with Crippen molar-refractivity contribution >= 4 is 11.6 Å². The van der Waals surface area contributed by atoms with Crippen molar-refractivity contribution in [2.24, 2.45) is 0 Å². The summed E-state index contributed by atoms with van der Waals surface area (Å²) in [6.07, 6.45) is 3.15. The summed E-state index contributed by atoms with van der Waals surface area (Å²) in [6, 6.07) is 5.88. The van der Waals surface area contributed by atoms with Crippen LogP contribution in [0.3, 0.4) is 0 Å². The van der Waals surface area contributed by atoms with E-state index in [0.717, 1.165) is 34.3 Å². The first kappa shape index (κ1) is 13.6. The summed E-state index contributed by atoms with van der Waals surface area (Å²) >= 11 is 6.22. The predicted octanol–water partition coefficient (Wildman–Crippen LogP) is 3.30. The molecule has 20 heavy (non-hydrogen) atoms. The molecule has 0 aliphatic heterocycles. The molecule has 0 amide bonds. The highest BCUT2D eigenvalue weighted by Gasteiger charge is 2.29. The van der Waals surface area contributed by atoms with Gasteiger partial charge in [0.25, 0.3) is 0 Å². The fraction of sp³-hybridized carbons (Fsp3) is 0.467. The van der Waals surface area contributed by atoms with Crippen molar-refractivity contribution in [3.8, 4) is 5.69 Å². The summed E-state index contributed by atoms with van der Waals surface area (Å²) in [7, 11) is 1.70. The van der Waals surface area contributed by atoms with Crippen LogP contribution in [0.25, 0.3) is 5.69 Å². The second-order valence-electron chi connectivity index (χ2n) is 5.20. The summed E-state index contributed by atoms with van der Waals surface area (Å²) in [5.74, 6) is 2.44. The average Bonchev–Trinajstić information content (AvgIpc) is 3.21. The number of nitrogens with zero attached hydrogens (tertiary/aromatic N) is 3. The van der Waals surface area contributed by atoms with Crippen LogP contribution < -0.4 is 0 Å². The molecule has 4 nitrogen and oxygen atoms in total. The molecule has 106 valence electrons. The van der Waals surface area contributed by atoms with Gasteiger partial charge in [0, 0.05) is 24.5 Å². The van der Waals surface area contributed by atoms with Crippen LogP contribution in [0, 0.1) is 6.92 Å². The first-order valence-corrected chi connectivity index (χ1v) is 7.28. The molecule has 1 aromatic carbocycles. The molecule has 0 N–H and O–H groups in total. The fourth-order valence-corrected chi connectivity index (χ4v) is 2.42. The standard InChI is InChI=1S/C15H18ClN3O/c1-10-12(16)4-3-5-13(10)19-14(8-9-20-2)17-15(18-19)11-6-7-11/h3-5,11H,6-9H2,1-2H3. The lowest BCUT2D eigenvalue weighted by Crippen LogP contribution is -2.07. The summed E-state index contributed by atoms with van der Waals surface area (Å²) in [5.41, 5.74) is 2.03. The molecule has 0 saturated heterocycles. The molecule has 0 atom stereocenters. The lowest BCUT2D eigenvalue weighted by molar-refractivity contribution is 0.200. The van der Waals surface area contributed by atoms with Crippen LogP contribution in [-0.4, -0.2) is 28.5 Å². The van der Waals surface area contributed by atoms with Crippen LogP contribution >= 0.6 is 11.6 Å². The first-order chi connectivity index (χ1) is 9.70. The highest BCUT2D eigenvalue weighted by molar-refractivity contribution is 6.31. The summed E-state index contributed by atoms with van der Waals surface area (Å²) < 4.78 is 7.09. The Morgan fingerprint density at radius 3 is 2.90 bits per heavy atom. The third kappa shape index (κ3) is 2.58. The van der Waals surface area contributed by atoms with E-state index in [1.165, 1.54) is 12.8 Å². The Bertz CT molecular complexity index is 620. The molecule has 1 aromatic heterocycles. The number of rotatable bonds is 5. The zero-order valence-electron chi connectivity index (χ0n) is 11.8. The van der Waals surface area contributed by atoms with Crippen LogP contribution in [0.4, 0.5) is 0 Å². The van der Waals surface area contributed by atoms with Crippen LogP contribution in [0.5, 0.6) is 0 Å². The molecule has 0 bridgehead atoms. The van der Waals surface area contributed by atoms with E-state index in [4.69, 9.17) is 16.3 Å². The molecule has 5 heteroatoms. The molecule has 1 aliphatic carbocycles. The molecular formula is C15H18ClN3O. The third-order valence-electron chi connectivity index (χ3n) is 3.63. The molecule has 2 aromatic rings. The van der Waals surface area contributed by atoms with E-state index >= 15 is 0 Å². The predicted molar refractivity (Wildman–Crippen MR) is 78.7 cm³/mol. The average molecular weight is 292 g/mol. The number of hydrogen-bond acceptors (Lipinski definition) is 3. The topological polar surface area (TPSA) is 39.9 Å². The maximum atomic E-state index is 6.22. The number of ether oxygens (including phenoxy) is 1. The Labute approximate surface area is 123 Å². The Morgan fingerprint density at radius 2 is 2.20 bits per heavy atom. The van der Waals surface area contributed by atoms with E-state index in [1.807, 2.05) is 29.8 Å². The van der Waals surface area contributed by atoms with Crippen molar-refractivity contribution in [1.29, 1.82) is 0 Å². The molecular weight excluding hydrogens is 274 g/mol. The zero-order valence-corrected chi connectivity index (χ0v) is 12.5.